The first-order chi connectivity index (χ1) is 16.6. The van der Waals surface area contributed by atoms with Crippen LogP contribution < -0.4 is 5.73 Å². The van der Waals surface area contributed by atoms with Crippen LogP contribution in [0.25, 0.3) is 16.5 Å². The number of nitrogens with zero attached hydrogens (tertiary/aromatic N) is 2. The zero-order valence-corrected chi connectivity index (χ0v) is 22.8. The minimum atomic E-state index is -3.22. The quantitative estimate of drug-likeness (QED) is 0.307. The van der Waals surface area contributed by atoms with E-state index < -0.39 is 9.84 Å². The van der Waals surface area contributed by atoms with Gasteiger partial charge in [-0.1, -0.05) is 26.0 Å². The lowest BCUT2D eigenvalue weighted by Gasteiger charge is -2.30. The van der Waals surface area contributed by atoms with Crippen molar-refractivity contribution in [1.29, 1.82) is 5.41 Å². The molecule has 188 valence electrons. The summed E-state index contributed by atoms with van der Waals surface area (Å²) in [6.07, 6.45) is 7.16. The van der Waals surface area contributed by atoms with Gasteiger partial charge >= 0.3 is 0 Å². The Morgan fingerprint density at radius 3 is 2.60 bits per heavy atom. The summed E-state index contributed by atoms with van der Waals surface area (Å²) in [5.74, 6) is 0.474. The second-order valence-electron chi connectivity index (χ2n) is 9.29. The van der Waals surface area contributed by atoms with Gasteiger partial charge in [0.05, 0.1) is 4.90 Å². The van der Waals surface area contributed by atoms with Crippen LogP contribution in [0.3, 0.4) is 0 Å². The number of nitrogens with two attached hydrogens (primary N) is 1. The molecule has 0 aliphatic carbocycles. The largest absolute Gasteiger partial charge is 0.404 e. The van der Waals surface area contributed by atoms with Crippen LogP contribution in [0.15, 0.2) is 70.7 Å². The molecule has 1 aromatic heterocycles. The monoisotopic (exact) mass is 512 g/mol. The third kappa shape index (κ3) is 6.18. The highest BCUT2D eigenvalue weighted by Gasteiger charge is 2.39. The maximum atomic E-state index is 11.9. The van der Waals surface area contributed by atoms with Crippen molar-refractivity contribution >= 4 is 44.5 Å². The summed E-state index contributed by atoms with van der Waals surface area (Å²) in [5, 5.41) is 8.66. The fourth-order valence-corrected chi connectivity index (χ4v) is 6.49. The molecule has 1 aliphatic heterocycles. The van der Waals surface area contributed by atoms with Gasteiger partial charge in [0.1, 0.15) is 0 Å². The summed E-state index contributed by atoms with van der Waals surface area (Å²) < 4.78 is 28.5. The minimum absolute atomic E-state index is 0.00264. The number of benzene rings is 2. The zero-order valence-electron chi connectivity index (χ0n) is 21.2. The number of fused-ring (bicyclic) bond motifs is 1. The predicted octanol–water partition coefficient (Wildman–Crippen LogP) is 5.83. The van der Waals surface area contributed by atoms with Crippen LogP contribution in [0.4, 0.5) is 0 Å². The molecule has 35 heavy (non-hydrogen) atoms. The lowest BCUT2D eigenvalue weighted by atomic mass is 9.97. The van der Waals surface area contributed by atoms with Crippen molar-refractivity contribution in [3.8, 4) is 0 Å². The highest BCUT2D eigenvalue weighted by Crippen LogP contribution is 2.41. The Kier molecular flexibility index (Phi) is 8.51. The Balaban J connectivity index is 0.00000167. The molecule has 8 heteroatoms. The van der Waals surface area contributed by atoms with E-state index in [9.17, 15) is 8.42 Å². The molecule has 2 heterocycles. The molecule has 0 spiro atoms. The molecule has 0 amide bonds. The third-order valence-electron chi connectivity index (χ3n) is 6.23. The van der Waals surface area contributed by atoms with E-state index >= 15 is 0 Å². The summed E-state index contributed by atoms with van der Waals surface area (Å²) in [6.45, 7) is 10.3. The second-order valence-corrected chi connectivity index (χ2v) is 12.4. The van der Waals surface area contributed by atoms with Gasteiger partial charge in [0, 0.05) is 64.9 Å². The fourth-order valence-electron chi connectivity index (χ4n) is 4.57. The third-order valence-corrected chi connectivity index (χ3v) is 8.67. The normalized spacial score (nSPS) is 18.3. The molecule has 1 saturated heterocycles. The molecule has 2 aromatic carbocycles. The minimum Gasteiger partial charge on any atom is -0.404 e. The SMILES string of the molecule is CC.CC1(C)CC(Cn2ccc3cc(/C(C=N)=C/N)ccc32)CN1Sc1cccc(S(C)(=O)=O)c1. The maximum Gasteiger partial charge on any atom is 0.175 e. The zero-order chi connectivity index (χ0) is 25.8. The molecule has 4 rings (SSSR count). The van der Waals surface area contributed by atoms with Crippen LogP contribution in [0.5, 0.6) is 0 Å². The molecule has 1 aliphatic rings. The van der Waals surface area contributed by atoms with E-state index in [1.165, 1.54) is 24.2 Å². The first-order valence-electron chi connectivity index (χ1n) is 11.9. The van der Waals surface area contributed by atoms with Gasteiger partial charge in [-0.2, -0.15) is 0 Å². The summed E-state index contributed by atoms with van der Waals surface area (Å²) in [5.41, 5.74) is 8.46. The van der Waals surface area contributed by atoms with Crippen LogP contribution in [0, 0.1) is 11.3 Å². The first-order valence-corrected chi connectivity index (χ1v) is 14.5. The van der Waals surface area contributed by atoms with E-state index in [1.807, 2.05) is 32.0 Å². The topological polar surface area (TPSA) is 92.2 Å². The van der Waals surface area contributed by atoms with E-state index in [0.717, 1.165) is 35.4 Å². The smallest absolute Gasteiger partial charge is 0.175 e. The number of sulfone groups is 1. The van der Waals surface area contributed by atoms with Crippen LogP contribution in [0.1, 0.15) is 39.7 Å². The number of allylic oxidation sites excluding steroid dienone is 1. The molecular formula is C27H36N4O2S2. The van der Waals surface area contributed by atoms with Crippen molar-refractivity contribution in [2.75, 3.05) is 12.8 Å². The van der Waals surface area contributed by atoms with Gasteiger partial charge in [-0.25, -0.2) is 12.7 Å². The number of hydrogen-bond acceptors (Lipinski definition) is 6. The molecule has 0 saturated carbocycles. The Bertz CT molecular complexity index is 1330. The van der Waals surface area contributed by atoms with Crippen LogP contribution in [-0.4, -0.2) is 41.8 Å². The summed E-state index contributed by atoms with van der Waals surface area (Å²) in [6, 6.07) is 15.5. The average molecular weight is 513 g/mol. The number of hydrogen-bond donors (Lipinski definition) is 2. The van der Waals surface area contributed by atoms with Gasteiger partial charge in [-0.15, -0.1) is 0 Å². The van der Waals surface area contributed by atoms with Gasteiger partial charge in [-0.3, -0.25) is 0 Å². The van der Waals surface area contributed by atoms with Crippen molar-refractivity contribution in [2.45, 2.75) is 56.0 Å². The predicted molar refractivity (Wildman–Crippen MR) is 149 cm³/mol. The summed E-state index contributed by atoms with van der Waals surface area (Å²) in [7, 11) is -3.22. The number of rotatable bonds is 7. The van der Waals surface area contributed by atoms with Crippen molar-refractivity contribution in [1.82, 2.24) is 8.87 Å². The molecule has 1 fully saturated rings. The van der Waals surface area contributed by atoms with Gasteiger partial charge in [0.25, 0.3) is 0 Å². The standard InChI is InChI=1S/C25H30N4O2S2.C2H6/c1-25(2)13-18(17-29(25)32-22-5-4-6-23(12-22)33(3,30)31)16-28-10-9-20-11-19(7-8-24(20)28)21(14-26)15-27;1-2/h4-12,14-15,18,26H,13,16-17,27H2,1-3H3;1-2H3/b21-15+,26-14?;. The molecular weight excluding hydrogens is 476 g/mol. The second kappa shape index (κ2) is 11.0. The maximum absolute atomic E-state index is 11.9. The molecule has 3 N–H and O–H groups in total. The van der Waals surface area contributed by atoms with E-state index in [1.54, 1.807) is 24.1 Å². The Labute approximate surface area is 213 Å². The van der Waals surface area contributed by atoms with Crippen molar-refractivity contribution in [3.05, 3.63) is 66.5 Å². The van der Waals surface area contributed by atoms with Crippen molar-refractivity contribution < 1.29 is 8.42 Å². The highest BCUT2D eigenvalue weighted by molar-refractivity contribution is 7.97. The Hall–Kier alpha value is -2.55. The Morgan fingerprint density at radius 2 is 1.94 bits per heavy atom. The lowest BCUT2D eigenvalue weighted by molar-refractivity contribution is 0.319. The number of nitrogens with one attached hydrogen (secondary N) is 1. The Morgan fingerprint density at radius 1 is 1.20 bits per heavy atom. The van der Waals surface area contributed by atoms with Crippen LogP contribution >= 0.6 is 11.9 Å². The van der Waals surface area contributed by atoms with E-state index in [4.69, 9.17) is 11.1 Å². The number of aromatic nitrogens is 1. The van der Waals surface area contributed by atoms with Crippen LogP contribution in [-0.2, 0) is 16.4 Å². The van der Waals surface area contributed by atoms with Gasteiger partial charge in [0.2, 0.25) is 0 Å². The van der Waals surface area contributed by atoms with Gasteiger partial charge in [0.15, 0.2) is 9.84 Å². The average Bonchev–Trinajstić information content (AvgIpc) is 3.35. The first kappa shape index (κ1) is 27.0. The van der Waals surface area contributed by atoms with Gasteiger partial charge in [-0.05, 0) is 80.1 Å². The van der Waals surface area contributed by atoms with E-state index in [2.05, 4.69) is 47.1 Å². The molecule has 3 aromatic rings. The molecule has 1 atom stereocenters. The fraction of sp³-hybridized carbons (Fsp3) is 0.370. The highest BCUT2D eigenvalue weighted by atomic mass is 32.2. The lowest BCUT2D eigenvalue weighted by Crippen LogP contribution is -2.32. The molecule has 6 nitrogen and oxygen atoms in total. The summed E-state index contributed by atoms with van der Waals surface area (Å²) in [4.78, 5) is 1.30. The van der Waals surface area contributed by atoms with E-state index in [0.29, 0.717) is 16.4 Å². The molecule has 0 radical (unpaired) electrons. The van der Waals surface area contributed by atoms with E-state index in [-0.39, 0.29) is 5.54 Å². The molecule has 1 unspecified atom stereocenters. The molecule has 0 bridgehead atoms. The van der Waals surface area contributed by atoms with Crippen molar-refractivity contribution in [2.24, 2.45) is 11.7 Å². The van der Waals surface area contributed by atoms with Crippen molar-refractivity contribution in [3.63, 3.8) is 0 Å². The van der Waals surface area contributed by atoms with Crippen LogP contribution in [0.2, 0.25) is 0 Å². The summed E-state index contributed by atoms with van der Waals surface area (Å²) >= 11 is 1.64. The van der Waals surface area contributed by atoms with Gasteiger partial charge < -0.3 is 15.7 Å².